The van der Waals surface area contributed by atoms with E-state index in [1.54, 1.807) is 0 Å². The van der Waals surface area contributed by atoms with Crippen molar-refractivity contribution in [3.8, 4) is 33.6 Å². The lowest BCUT2D eigenvalue weighted by molar-refractivity contribution is -0.139. The lowest BCUT2D eigenvalue weighted by Crippen LogP contribution is -2.44. The summed E-state index contributed by atoms with van der Waals surface area (Å²) < 4.78 is 0. The SMILES string of the molecule is O=C([C@@H](c1ccccc1)N1CCCCC1)N1CCCC1c1ncc(-c2ccc(-c3ccc(-c4cnc(N5CCCCC5)[nH]4)cc3)cc2)[nH]1. The zero-order chi connectivity index (χ0) is 32.3. The van der Waals surface area contributed by atoms with Crippen LogP contribution in [0, 0.1) is 0 Å². The van der Waals surface area contributed by atoms with E-state index in [-0.39, 0.29) is 18.0 Å². The van der Waals surface area contributed by atoms with Crippen LogP contribution in [-0.4, -0.2) is 68.4 Å². The van der Waals surface area contributed by atoms with Crippen molar-refractivity contribution in [1.29, 1.82) is 0 Å². The molecule has 0 bridgehead atoms. The number of carbonyl (C=O) groups excluding carboxylic acids is 1. The Labute approximate surface area is 283 Å². The van der Waals surface area contributed by atoms with Crippen LogP contribution in [0.15, 0.2) is 91.3 Å². The Morgan fingerprint density at radius 2 is 1.21 bits per heavy atom. The van der Waals surface area contributed by atoms with Gasteiger partial charge in [-0.1, -0.05) is 85.3 Å². The molecule has 8 nitrogen and oxygen atoms in total. The van der Waals surface area contributed by atoms with E-state index in [0.29, 0.717) is 0 Å². The highest BCUT2D eigenvalue weighted by molar-refractivity contribution is 5.84. The normalized spacial score (nSPS) is 19.5. The summed E-state index contributed by atoms with van der Waals surface area (Å²) in [6.45, 7) is 4.87. The first-order chi connectivity index (χ1) is 23.7. The largest absolute Gasteiger partial charge is 0.342 e. The molecule has 246 valence electrons. The van der Waals surface area contributed by atoms with Crippen molar-refractivity contribution in [3.63, 3.8) is 0 Å². The van der Waals surface area contributed by atoms with Crippen molar-refractivity contribution >= 4 is 11.9 Å². The van der Waals surface area contributed by atoms with E-state index in [2.05, 4.69) is 90.3 Å². The van der Waals surface area contributed by atoms with E-state index in [0.717, 1.165) is 98.3 Å². The number of hydrogen-bond acceptors (Lipinski definition) is 5. The highest BCUT2D eigenvalue weighted by Crippen LogP contribution is 2.36. The molecule has 48 heavy (non-hydrogen) atoms. The Bertz CT molecular complexity index is 1800. The number of anilines is 1. The second kappa shape index (κ2) is 13.8. The van der Waals surface area contributed by atoms with Crippen LogP contribution in [0.2, 0.25) is 0 Å². The first kappa shape index (κ1) is 30.6. The van der Waals surface area contributed by atoms with Crippen molar-refractivity contribution in [1.82, 2.24) is 29.7 Å². The quantitative estimate of drug-likeness (QED) is 0.180. The minimum Gasteiger partial charge on any atom is -0.342 e. The van der Waals surface area contributed by atoms with Gasteiger partial charge in [-0.05, 0) is 85.9 Å². The second-order valence-electron chi connectivity index (χ2n) is 13.6. The molecule has 3 aromatic carbocycles. The Hall–Kier alpha value is -4.69. The lowest BCUT2D eigenvalue weighted by Gasteiger charge is -2.37. The molecule has 3 aliphatic rings. The van der Waals surface area contributed by atoms with E-state index < -0.39 is 0 Å². The van der Waals surface area contributed by atoms with Crippen LogP contribution in [0.3, 0.4) is 0 Å². The number of H-pyrrole nitrogens is 2. The minimum absolute atomic E-state index is 0.0363. The summed E-state index contributed by atoms with van der Waals surface area (Å²) in [5.74, 6) is 2.06. The van der Waals surface area contributed by atoms with E-state index in [1.807, 2.05) is 30.6 Å². The van der Waals surface area contributed by atoms with E-state index in [9.17, 15) is 4.79 Å². The monoisotopic (exact) mass is 639 g/mol. The van der Waals surface area contributed by atoms with E-state index in [1.165, 1.54) is 36.8 Å². The van der Waals surface area contributed by atoms with Crippen LogP contribution in [0.5, 0.6) is 0 Å². The molecule has 0 saturated carbocycles. The molecule has 1 amide bonds. The molecule has 3 saturated heterocycles. The summed E-state index contributed by atoms with van der Waals surface area (Å²) in [5.41, 5.74) is 7.69. The van der Waals surface area contributed by atoms with Gasteiger partial charge in [0.25, 0.3) is 0 Å². The number of nitrogens with one attached hydrogen (secondary N) is 2. The summed E-state index contributed by atoms with van der Waals surface area (Å²) in [4.78, 5) is 37.7. The van der Waals surface area contributed by atoms with Crippen molar-refractivity contribution in [3.05, 3.63) is 103 Å². The number of imidazole rings is 2. The van der Waals surface area contributed by atoms with E-state index in [4.69, 9.17) is 4.98 Å². The van der Waals surface area contributed by atoms with E-state index >= 15 is 0 Å². The van der Waals surface area contributed by atoms with Gasteiger partial charge in [-0.25, -0.2) is 9.97 Å². The highest BCUT2D eigenvalue weighted by atomic mass is 16.2. The van der Waals surface area contributed by atoms with Gasteiger partial charge in [0.05, 0.1) is 29.8 Å². The second-order valence-corrected chi connectivity index (χ2v) is 13.6. The first-order valence-corrected chi connectivity index (χ1v) is 17.9. The van der Waals surface area contributed by atoms with Gasteiger partial charge in [0.1, 0.15) is 11.9 Å². The third kappa shape index (κ3) is 6.29. The fourth-order valence-electron chi connectivity index (χ4n) is 7.85. The van der Waals surface area contributed by atoms with Gasteiger partial charge < -0.3 is 19.8 Å². The average molecular weight is 640 g/mol. The molecule has 0 radical (unpaired) electrons. The number of amides is 1. The maximum atomic E-state index is 14.3. The number of aromatic nitrogens is 4. The van der Waals surface area contributed by atoms with Crippen LogP contribution in [0.4, 0.5) is 5.95 Å². The number of piperidine rings is 2. The highest BCUT2D eigenvalue weighted by Gasteiger charge is 2.38. The molecule has 3 aliphatic heterocycles. The van der Waals surface area contributed by atoms with Crippen molar-refractivity contribution in [2.75, 3.05) is 37.6 Å². The number of benzene rings is 3. The summed E-state index contributed by atoms with van der Waals surface area (Å²) in [6.07, 6.45) is 13.1. The minimum atomic E-state index is -0.236. The zero-order valence-electron chi connectivity index (χ0n) is 27.7. The third-order valence-electron chi connectivity index (χ3n) is 10.5. The van der Waals surface area contributed by atoms with Gasteiger partial charge in [-0.15, -0.1) is 0 Å². The van der Waals surface area contributed by atoms with Gasteiger partial charge in [0, 0.05) is 19.6 Å². The molecule has 0 aliphatic carbocycles. The number of rotatable bonds is 8. The molecular weight excluding hydrogens is 594 g/mol. The molecule has 0 spiro atoms. The maximum Gasteiger partial charge on any atom is 0.245 e. The van der Waals surface area contributed by atoms with Gasteiger partial charge in [-0.2, -0.15) is 0 Å². The predicted octanol–water partition coefficient (Wildman–Crippen LogP) is 8.01. The van der Waals surface area contributed by atoms with Crippen LogP contribution in [0.1, 0.15) is 74.8 Å². The van der Waals surface area contributed by atoms with Crippen LogP contribution < -0.4 is 4.90 Å². The Morgan fingerprint density at radius 1 is 0.625 bits per heavy atom. The standard InChI is InChI=1S/C40H45N7O/c48-39(37(33-11-4-1-5-12-33)45-22-6-2-7-23-45)47-26-10-13-36(47)38-41-27-34(43-38)31-18-14-29(15-19-31)30-16-20-32(21-17-30)35-28-42-40(44-35)46-24-8-3-9-25-46/h1,4-5,11-12,14-21,27-28,36-37H,2-3,6-10,13,22-26H2,(H,41,43)(H,42,44)/t36?,37-/m1/s1. The summed E-state index contributed by atoms with van der Waals surface area (Å²) in [5, 5.41) is 0. The number of carbonyl (C=O) groups is 1. The van der Waals surface area contributed by atoms with Crippen LogP contribution in [-0.2, 0) is 4.79 Å². The zero-order valence-corrected chi connectivity index (χ0v) is 27.7. The topological polar surface area (TPSA) is 84.2 Å². The van der Waals surface area contributed by atoms with Crippen molar-refractivity contribution < 1.29 is 4.79 Å². The molecular formula is C40H45N7O. The summed E-state index contributed by atoms with van der Waals surface area (Å²) in [6, 6.07) is 27.4. The van der Waals surface area contributed by atoms with Crippen molar-refractivity contribution in [2.24, 2.45) is 0 Å². The Balaban J connectivity index is 0.956. The summed E-state index contributed by atoms with van der Waals surface area (Å²) >= 11 is 0. The van der Waals surface area contributed by atoms with Crippen LogP contribution >= 0.6 is 0 Å². The van der Waals surface area contributed by atoms with Crippen molar-refractivity contribution in [2.45, 2.75) is 63.5 Å². The fraction of sp³-hybridized carbons (Fsp3) is 0.375. The number of likely N-dealkylation sites (tertiary alicyclic amines) is 2. The molecule has 5 heterocycles. The number of aromatic amines is 2. The predicted molar refractivity (Wildman–Crippen MR) is 191 cm³/mol. The molecule has 8 rings (SSSR count). The summed E-state index contributed by atoms with van der Waals surface area (Å²) in [7, 11) is 0. The Kier molecular flexibility index (Phi) is 8.81. The number of hydrogen-bond donors (Lipinski definition) is 2. The van der Waals surface area contributed by atoms with Crippen LogP contribution in [0.25, 0.3) is 33.6 Å². The van der Waals surface area contributed by atoms with Gasteiger partial charge in [0.2, 0.25) is 11.9 Å². The first-order valence-electron chi connectivity index (χ1n) is 17.9. The average Bonchev–Trinajstić information content (AvgIpc) is 3.95. The van der Waals surface area contributed by atoms with Gasteiger partial charge in [0.15, 0.2) is 0 Å². The molecule has 5 aromatic rings. The third-order valence-corrected chi connectivity index (χ3v) is 10.5. The lowest BCUT2D eigenvalue weighted by atomic mass is 10.00. The van der Waals surface area contributed by atoms with Gasteiger partial charge in [-0.3, -0.25) is 9.69 Å². The number of nitrogens with zero attached hydrogens (tertiary/aromatic N) is 5. The molecule has 3 fully saturated rings. The maximum absolute atomic E-state index is 14.3. The molecule has 8 heteroatoms. The van der Waals surface area contributed by atoms with Gasteiger partial charge >= 0.3 is 0 Å². The molecule has 2 aromatic heterocycles. The molecule has 2 N–H and O–H groups in total. The molecule has 1 unspecified atom stereocenters. The molecule has 2 atom stereocenters. The Morgan fingerprint density at radius 3 is 1.88 bits per heavy atom. The smallest absolute Gasteiger partial charge is 0.245 e. The fourth-order valence-corrected chi connectivity index (χ4v) is 7.85.